The minimum absolute atomic E-state index is 0.187. The van der Waals surface area contributed by atoms with Crippen LogP contribution < -0.4 is 5.32 Å². The monoisotopic (exact) mass is 381 g/mol. The second kappa shape index (κ2) is 8.62. The predicted octanol–water partition coefficient (Wildman–Crippen LogP) is 3.10. The molecule has 0 spiro atoms. The normalized spacial score (nSPS) is 12.4. The number of carbonyl (C=O) groups is 2. The zero-order valence-corrected chi connectivity index (χ0v) is 16.7. The highest BCUT2D eigenvalue weighted by Crippen LogP contribution is 2.34. The van der Waals surface area contributed by atoms with Crippen molar-refractivity contribution in [1.29, 1.82) is 0 Å². The van der Waals surface area contributed by atoms with Gasteiger partial charge >= 0.3 is 5.97 Å². The molecule has 2 aromatic heterocycles. The number of rotatable bonds is 7. The Kier molecular flexibility index (Phi) is 6.78. The zero-order valence-electron chi connectivity index (χ0n) is 15.1. The number of hydrogen-bond acceptors (Lipinski definition) is 7. The molecule has 136 valence electrons. The van der Waals surface area contributed by atoms with Gasteiger partial charge in [0.15, 0.2) is 0 Å². The van der Waals surface area contributed by atoms with Gasteiger partial charge in [0, 0.05) is 10.3 Å². The van der Waals surface area contributed by atoms with E-state index in [1.165, 1.54) is 30.1 Å². The van der Waals surface area contributed by atoms with E-state index >= 15 is 0 Å². The molecule has 1 amide bonds. The van der Waals surface area contributed by atoms with Crippen molar-refractivity contribution < 1.29 is 14.3 Å². The first-order valence-electron chi connectivity index (χ1n) is 8.04. The zero-order chi connectivity index (χ0) is 18.6. The fourth-order valence-electron chi connectivity index (χ4n) is 2.46. The summed E-state index contributed by atoms with van der Waals surface area (Å²) < 4.78 is 4.77. The van der Waals surface area contributed by atoms with Crippen molar-refractivity contribution in [3.05, 3.63) is 16.8 Å². The molecule has 1 N–H and O–H groups in total. The van der Waals surface area contributed by atoms with Gasteiger partial charge in [0.1, 0.15) is 22.2 Å². The molecule has 8 heteroatoms. The molecule has 2 heterocycles. The average Bonchev–Trinajstić information content (AvgIpc) is 2.86. The van der Waals surface area contributed by atoms with Gasteiger partial charge in [-0.25, -0.2) is 14.8 Å². The molecule has 0 aliphatic carbocycles. The lowest BCUT2D eigenvalue weighted by molar-refractivity contribution is -0.145. The summed E-state index contributed by atoms with van der Waals surface area (Å²) in [5.74, 6) is -0.167. The van der Waals surface area contributed by atoms with Crippen LogP contribution in [0.4, 0.5) is 0 Å². The number of fused-ring (bicyclic) bond motifs is 1. The van der Waals surface area contributed by atoms with E-state index in [9.17, 15) is 9.59 Å². The molecule has 0 aliphatic rings. The summed E-state index contributed by atoms with van der Waals surface area (Å²) in [6, 6.07) is -0.617. The highest BCUT2D eigenvalue weighted by Gasteiger charge is 2.23. The van der Waals surface area contributed by atoms with Crippen molar-refractivity contribution >= 4 is 45.2 Å². The molecule has 0 saturated heterocycles. The van der Waals surface area contributed by atoms with Gasteiger partial charge < -0.3 is 10.1 Å². The van der Waals surface area contributed by atoms with Gasteiger partial charge in [-0.2, -0.15) is 0 Å². The third-order valence-electron chi connectivity index (χ3n) is 3.80. The van der Waals surface area contributed by atoms with Crippen molar-refractivity contribution in [2.75, 3.05) is 12.9 Å². The van der Waals surface area contributed by atoms with E-state index in [2.05, 4.69) is 22.2 Å². The number of nitrogens with one attached hydrogen (secondary N) is 1. The number of methoxy groups -OCH3 is 1. The summed E-state index contributed by atoms with van der Waals surface area (Å²) in [5, 5.41) is 4.56. The number of thiophene rings is 1. The van der Waals surface area contributed by atoms with Crippen molar-refractivity contribution in [3.63, 3.8) is 0 Å². The minimum atomic E-state index is -0.617. The van der Waals surface area contributed by atoms with E-state index in [0.717, 1.165) is 20.8 Å². The molecule has 0 radical (unpaired) electrons. The molecule has 2 rings (SSSR count). The highest BCUT2D eigenvalue weighted by atomic mass is 32.2. The summed E-state index contributed by atoms with van der Waals surface area (Å²) in [4.78, 5) is 34.8. The Balaban J connectivity index is 2.05. The molecule has 0 aliphatic heterocycles. The highest BCUT2D eigenvalue weighted by molar-refractivity contribution is 8.00. The Morgan fingerprint density at radius 2 is 2.04 bits per heavy atom. The van der Waals surface area contributed by atoms with E-state index in [4.69, 9.17) is 4.74 Å². The maximum absolute atomic E-state index is 12.3. The molecule has 0 unspecified atom stereocenters. The standard InChI is InChI=1S/C17H23N3O3S2/c1-9(2)6-12(17(22)23-5)20-13(21)7-24-15-14-10(3)11(4)25-16(14)19-8-18-15/h8-9,12H,6-7H2,1-5H3,(H,20,21)/t12-/m1/s1. The van der Waals surface area contributed by atoms with E-state index < -0.39 is 12.0 Å². The number of aromatic nitrogens is 2. The predicted molar refractivity (Wildman–Crippen MR) is 101 cm³/mol. The van der Waals surface area contributed by atoms with Crippen LogP contribution in [-0.4, -0.2) is 40.7 Å². The number of aryl methyl sites for hydroxylation is 2. The Morgan fingerprint density at radius 3 is 2.68 bits per heavy atom. The van der Waals surface area contributed by atoms with Gasteiger partial charge in [-0.1, -0.05) is 25.6 Å². The van der Waals surface area contributed by atoms with Crippen LogP contribution in [0.2, 0.25) is 0 Å². The molecule has 2 aromatic rings. The number of hydrogen-bond donors (Lipinski definition) is 1. The van der Waals surface area contributed by atoms with E-state index in [0.29, 0.717) is 6.42 Å². The van der Waals surface area contributed by atoms with E-state index in [-0.39, 0.29) is 17.6 Å². The number of carbonyl (C=O) groups excluding carboxylic acids is 2. The largest absolute Gasteiger partial charge is 0.467 e. The van der Waals surface area contributed by atoms with Crippen molar-refractivity contribution in [2.45, 2.75) is 45.2 Å². The second-order valence-corrected chi connectivity index (χ2v) is 8.37. The fourth-order valence-corrected chi connectivity index (χ4v) is 4.39. The molecule has 25 heavy (non-hydrogen) atoms. The Morgan fingerprint density at radius 1 is 1.32 bits per heavy atom. The maximum Gasteiger partial charge on any atom is 0.328 e. The van der Waals surface area contributed by atoms with Gasteiger partial charge in [0.2, 0.25) is 5.91 Å². The Hall–Kier alpha value is -1.67. The lowest BCUT2D eigenvalue weighted by Gasteiger charge is -2.18. The molecule has 0 fully saturated rings. The first-order valence-corrected chi connectivity index (χ1v) is 9.84. The van der Waals surface area contributed by atoms with Crippen molar-refractivity contribution in [1.82, 2.24) is 15.3 Å². The molecule has 0 bridgehead atoms. The molecular formula is C17H23N3O3S2. The quantitative estimate of drug-likeness (QED) is 0.451. The summed E-state index contributed by atoms with van der Waals surface area (Å²) in [6.07, 6.45) is 2.07. The molecule has 1 atom stereocenters. The summed E-state index contributed by atoms with van der Waals surface area (Å²) in [5.41, 5.74) is 1.15. The number of nitrogens with zero attached hydrogens (tertiary/aromatic N) is 2. The van der Waals surface area contributed by atoms with E-state index in [1.54, 1.807) is 11.3 Å². The second-order valence-electron chi connectivity index (χ2n) is 6.20. The average molecular weight is 382 g/mol. The van der Waals surface area contributed by atoms with Gasteiger partial charge in [-0.3, -0.25) is 4.79 Å². The SMILES string of the molecule is COC(=O)[C@@H](CC(C)C)NC(=O)CSc1ncnc2sc(C)c(C)c12. The van der Waals surface area contributed by atoms with Crippen molar-refractivity contribution in [3.8, 4) is 0 Å². The van der Waals surface area contributed by atoms with Crippen LogP contribution in [0.1, 0.15) is 30.7 Å². The van der Waals surface area contributed by atoms with Crippen LogP contribution in [-0.2, 0) is 14.3 Å². The van der Waals surface area contributed by atoms with Gasteiger partial charge in [-0.05, 0) is 31.7 Å². The summed E-state index contributed by atoms with van der Waals surface area (Å²) in [7, 11) is 1.33. The van der Waals surface area contributed by atoms with Crippen LogP contribution in [0.5, 0.6) is 0 Å². The van der Waals surface area contributed by atoms with Crippen LogP contribution in [0.3, 0.4) is 0 Å². The third-order valence-corrected chi connectivity index (χ3v) is 5.90. The topological polar surface area (TPSA) is 81.2 Å². The number of thioether (sulfide) groups is 1. The molecule has 6 nitrogen and oxygen atoms in total. The molecule has 0 saturated carbocycles. The van der Waals surface area contributed by atoms with Gasteiger partial charge in [-0.15, -0.1) is 11.3 Å². The first-order chi connectivity index (χ1) is 11.8. The molecule has 0 aromatic carbocycles. The maximum atomic E-state index is 12.3. The van der Waals surface area contributed by atoms with Crippen LogP contribution in [0, 0.1) is 19.8 Å². The lowest BCUT2D eigenvalue weighted by Crippen LogP contribution is -2.43. The number of esters is 1. The van der Waals surface area contributed by atoms with Crippen LogP contribution in [0.15, 0.2) is 11.4 Å². The van der Waals surface area contributed by atoms with Gasteiger partial charge in [0.25, 0.3) is 0 Å². The number of amides is 1. The van der Waals surface area contributed by atoms with Crippen LogP contribution in [0.25, 0.3) is 10.2 Å². The smallest absolute Gasteiger partial charge is 0.328 e. The van der Waals surface area contributed by atoms with Crippen LogP contribution >= 0.6 is 23.1 Å². The Bertz CT molecular complexity index is 774. The minimum Gasteiger partial charge on any atom is -0.467 e. The summed E-state index contributed by atoms with van der Waals surface area (Å²) >= 11 is 2.98. The Labute approximate surface area is 155 Å². The fraction of sp³-hybridized carbons (Fsp3) is 0.529. The lowest BCUT2D eigenvalue weighted by atomic mass is 10.0. The third kappa shape index (κ3) is 4.92. The summed E-state index contributed by atoms with van der Waals surface area (Å²) in [6.45, 7) is 8.08. The van der Waals surface area contributed by atoms with Gasteiger partial charge in [0.05, 0.1) is 12.9 Å². The molecular weight excluding hydrogens is 358 g/mol. The first kappa shape index (κ1) is 19.7. The number of ether oxygens (including phenoxy) is 1. The van der Waals surface area contributed by atoms with E-state index in [1.807, 2.05) is 20.8 Å². The van der Waals surface area contributed by atoms with Crippen molar-refractivity contribution in [2.24, 2.45) is 5.92 Å².